The first-order valence-electron chi connectivity index (χ1n) is 5.56. The molecular formula is C12H15BrN2O2. The van der Waals surface area contributed by atoms with Crippen molar-refractivity contribution in [3.05, 3.63) is 27.7 Å². The van der Waals surface area contributed by atoms with Crippen molar-refractivity contribution in [2.75, 3.05) is 20.2 Å². The number of hydrogen-bond acceptors (Lipinski definition) is 3. The number of carbonyl (C=O) groups is 1. The minimum absolute atomic E-state index is 0.0161. The molecule has 1 heterocycles. The Hall–Kier alpha value is -1.07. The van der Waals surface area contributed by atoms with Crippen molar-refractivity contribution in [3.8, 4) is 5.75 Å². The highest BCUT2D eigenvalue weighted by atomic mass is 79.9. The Morgan fingerprint density at radius 2 is 2.35 bits per heavy atom. The minimum Gasteiger partial charge on any atom is -0.493 e. The van der Waals surface area contributed by atoms with Crippen LogP contribution in [-0.2, 0) is 17.8 Å². The normalized spacial score (nSPS) is 13.1. The SMILES string of the molecule is CNC(=O)CNCc1cc(Br)cc2c1OCC2. The van der Waals surface area contributed by atoms with Crippen molar-refractivity contribution in [3.63, 3.8) is 0 Å². The molecule has 1 aliphatic rings. The Morgan fingerprint density at radius 3 is 3.12 bits per heavy atom. The van der Waals surface area contributed by atoms with Crippen LogP contribution in [0.2, 0.25) is 0 Å². The fraction of sp³-hybridized carbons (Fsp3) is 0.417. The zero-order valence-electron chi connectivity index (χ0n) is 9.68. The summed E-state index contributed by atoms with van der Waals surface area (Å²) in [5.41, 5.74) is 2.33. The average Bonchev–Trinajstić information content (AvgIpc) is 2.76. The van der Waals surface area contributed by atoms with Crippen LogP contribution < -0.4 is 15.4 Å². The first-order valence-corrected chi connectivity index (χ1v) is 6.35. The van der Waals surface area contributed by atoms with Gasteiger partial charge in [-0.05, 0) is 17.7 Å². The van der Waals surface area contributed by atoms with Gasteiger partial charge in [0.2, 0.25) is 5.91 Å². The minimum atomic E-state index is -0.0161. The van der Waals surface area contributed by atoms with E-state index in [4.69, 9.17) is 4.74 Å². The van der Waals surface area contributed by atoms with E-state index < -0.39 is 0 Å². The van der Waals surface area contributed by atoms with Crippen LogP contribution in [0.1, 0.15) is 11.1 Å². The second-order valence-corrected chi connectivity index (χ2v) is 4.84. The molecule has 0 fully saturated rings. The molecule has 2 N–H and O–H groups in total. The summed E-state index contributed by atoms with van der Waals surface area (Å²) < 4.78 is 6.66. The van der Waals surface area contributed by atoms with Crippen LogP contribution >= 0.6 is 15.9 Å². The molecular weight excluding hydrogens is 284 g/mol. The topological polar surface area (TPSA) is 50.4 Å². The van der Waals surface area contributed by atoms with E-state index in [-0.39, 0.29) is 5.91 Å². The van der Waals surface area contributed by atoms with Crippen molar-refractivity contribution in [2.45, 2.75) is 13.0 Å². The van der Waals surface area contributed by atoms with Crippen molar-refractivity contribution >= 4 is 21.8 Å². The van der Waals surface area contributed by atoms with Gasteiger partial charge in [-0.3, -0.25) is 4.79 Å². The predicted octanol–water partition coefficient (Wildman–Crippen LogP) is 1.22. The summed E-state index contributed by atoms with van der Waals surface area (Å²) in [5, 5.41) is 5.67. The molecule has 0 radical (unpaired) electrons. The highest BCUT2D eigenvalue weighted by molar-refractivity contribution is 9.10. The van der Waals surface area contributed by atoms with E-state index in [1.807, 2.05) is 6.07 Å². The number of carbonyl (C=O) groups excluding carboxylic acids is 1. The number of benzene rings is 1. The molecule has 2 rings (SSSR count). The van der Waals surface area contributed by atoms with Crippen LogP contribution in [0, 0.1) is 0 Å². The summed E-state index contributed by atoms with van der Waals surface area (Å²) in [7, 11) is 1.63. The van der Waals surface area contributed by atoms with Gasteiger partial charge in [-0.1, -0.05) is 15.9 Å². The standard InChI is InChI=1S/C12H15BrN2O2/c1-14-11(16)7-15-6-9-5-10(13)4-8-2-3-17-12(8)9/h4-5,15H,2-3,6-7H2,1H3,(H,14,16). The smallest absolute Gasteiger partial charge is 0.233 e. The molecule has 0 bridgehead atoms. The number of amides is 1. The second-order valence-electron chi connectivity index (χ2n) is 3.93. The van der Waals surface area contributed by atoms with Crippen LogP contribution in [0.15, 0.2) is 16.6 Å². The molecule has 5 heteroatoms. The first kappa shape index (κ1) is 12.4. The summed E-state index contributed by atoms with van der Waals surface area (Å²) in [4.78, 5) is 11.1. The molecule has 0 atom stereocenters. The van der Waals surface area contributed by atoms with Gasteiger partial charge in [0.1, 0.15) is 5.75 Å². The van der Waals surface area contributed by atoms with Crippen LogP contribution in [0.25, 0.3) is 0 Å². The van der Waals surface area contributed by atoms with Gasteiger partial charge in [0.05, 0.1) is 13.2 Å². The first-order chi connectivity index (χ1) is 8.20. The molecule has 1 aromatic rings. The molecule has 1 aliphatic heterocycles. The Bertz CT molecular complexity index is 435. The van der Waals surface area contributed by atoms with Crippen LogP contribution in [0.4, 0.5) is 0 Å². The lowest BCUT2D eigenvalue weighted by molar-refractivity contribution is -0.119. The molecule has 1 amide bonds. The number of hydrogen-bond donors (Lipinski definition) is 2. The molecule has 1 aromatic carbocycles. The third kappa shape index (κ3) is 2.98. The van der Waals surface area contributed by atoms with Crippen molar-refractivity contribution in [1.82, 2.24) is 10.6 Å². The van der Waals surface area contributed by atoms with Gasteiger partial charge < -0.3 is 15.4 Å². The van der Waals surface area contributed by atoms with E-state index in [1.165, 1.54) is 5.56 Å². The Morgan fingerprint density at radius 1 is 1.53 bits per heavy atom. The van der Waals surface area contributed by atoms with E-state index >= 15 is 0 Å². The molecule has 0 unspecified atom stereocenters. The maximum Gasteiger partial charge on any atom is 0.233 e. The number of ether oxygens (including phenoxy) is 1. The fourth-order valence-electron chi connectivity index (χ4n) is 1.88. The number of rotatable bonds is 4. The lowest BCUT2D eigenvalue weighted by Gasteiger charge is -2.09. The zero-order chi connectivity index (χ0) is 12.3. The van der Waals surface area contributed by atoms with Gasteiger partial charge in [0, 0.05) is 30.0 Å². The van der Waals surface area contributed by atoms with Gasteiger partial charge in [0.25, 0.3) is 0 Å². The van der Waals surface area contributed by atoms with E-state index in [2.05, 4.69) is 32.6 Å². The molecule has 0 spiro atoms. The number of likely N-dealkylation sites (N-methyl/N-ethyl adjacent to an activating group) is 1. The van der Waals surface area contributed by atoms with Crippen molar-refractivity contribution in [2.24, 2.45) is 0 Å². The van der Waals surface area contributed by atoms with Crippen LogP contribution in [0.5, 0.6) is 5.75 Å². The molecule has 0 saturated heterocycles. The van der Waals surface area contributed by atoms with Gasteiger partial charge in [-0.15, -0.1) is 0 Å². The fourth-order valence-corrected chi connectivity index (χ4v) is 2.43. The third-order valence-electron chi connectivity index (χ3n) is 2.71. The number of fused-ring (bicyclic) bond motifs is 1. The maximum atomic E-state index is 11.1. The van der Waals surface area contributed by atoms with E-state index in [1.54, 1.807) is 7.05 Å². The molecule has 0 aromatic heterocycles. The van der Waals surface area contributed by atoms with Crippen LogP contribution in [0.3, 0.4) is 0 Å². The molecule has 92 valence electrons. The van der Waals surface area contributed by atoms with Gasteiger partial charge >= 0.3 is 0 Å². The van der Waals surface area contributed by atoms with E-state index in [0.29, 0.717) is 13.1 Å². The summed E-state index contributed by atoms with van der Waals surface area (Å²) in [6.45, 7) is 1.70. The largest absolute Gasteiger partial charge is 0.493 e. The third-order valence-corrected chi connectivity index (χ3v) is 3.16. The zero-order valence-corrected chi connectivity index (χ0v) is 11.3. The summed E-state index contributed by atoms with van der Waals surface area (Å²) in [5.74, 6) is 0.954. The molecule has 0 saturated carbocycles. The molecule has 0 aliphatic carbocycles. The number of halogens is 1. The molecule has 4 nitrogen and oxygen atoms in total. The lowest BCUT2D eigenvalue weighted by Crippen LogP contribution is -2.31. The van der Waals surface area contributed by atoms with Gasteiger partial charge in [-0.2, -0.15) is 0 Å². The Labute approximate surface area is 109 Å². The van der Waals surface area contributed by atoms with Crippen molar-refractivity contribution in [1.29, 1.82) is 0 Å². The summed E-state index contributed by atoms with van der Waals surface area (Å²) in [6.07, 6.45) is 0.956. The number of nitrogens with one attached hydrogen (secondary N) is 2. The van der Waals surface area contributed by atoms with Crippen molar-refractivity contribution < 1.29 is 9.53 Å². The highest BCUT2D eigenvalue weighted by Crippen LogP contribution is 2.32. The van der Waals surface area contributed by atoms with Gasteiger partial charge in [0.15, 0.2) is 0 Å². The van der Waals surface area contributed by atoms with E-state index in [0.717, 1.165) is 28.8 Å². The van der Waals surface area contributed by atoms with E-state index in [9.17, 15) is 4.79 Å². The predicted molar refractivity (Wildman–Crippen MR) is 69.1 cm³/mol. The highest BCUT2D eigenvalue weighted by Gasteiger charge is 2.17. The summed E-state index contributed by atoms with van der Waals surface area (Å²) >= 11 is 3.49. The monoisotopic (exact) mass is 298 g/mol. The Kier molecular flexibility index (Phi) is 4.02. The van der Waals surface area contributed by atoms with Crippen LogP contribution in [-0.4, -0.2) is 26.1 Å². The summed E-state index contributed by atoms with van der Waals surface area (Å²) in [6, 6.07) is 4.12. The maximum absolute atomic E-state index is 11.1. The average molecular weight is 299 g/mol. The quantitative estimate of drug-likeness (QED) is 0.879. The van der Waals surface area contributed by atoms with Gasteiger partial charge in [-0.25, -0.2) is 0 Å². The lowest BCUT2D eigenvalue weighted by atomic mass is 10.1. The Balaban J connectivity index is 2.03. The molecule has 17 heavy (non-hydrogen) atoms. The second kappa shape index (κ2) is 5.51.